The fourth-order valence-electron chi connectivity index (χ4n) is 3.56. The lowest BCUT2D eigenvalue weighted by Crippen LogP contribution is -2.17. The molecule has 0 aliphatic carbocycles. The van der Waals surface area contributed by atoms with Crippen LogP contribution < -0.4 is 19.6 Å². The number of ether oxygens (including phenoxy) is 3. The lowest BCUT2D eigenvalue weighted by atomic mass is 10.1. The van der Waals surface area contributed by atoms with Crippen LogP contribution >= 0.6 is 0 Å². The molecule has 32 heavy (non-hydrogen) atoms. The Morgan fingerprint density at radius 1 is 1.00 bits per heavy atom. The standard InChI is InChI=1S/C25H22O7/c1-14-10-15(2)23-17(11-14)22(27)25(24(32-23)20-6-5-9-30-20)31-13-18(26)16-7-8-19(28-3)21(12-16)29-4/h5-12H,13H2,1-4H3. The van der Waals surface area contributed by atoms with E-state index in [0.717, 1.165) is 11.1 Å². The van der Waals surface area contributed by atoms with Gasteiger partial charge >= 0.3 is 0 Å². The van der Waals surface area contributed by atoms with Gasteiger partial charge in [0.05, 0.1) is 25.9 Å². The monoisotopic (exact) mass is 434 g/mol. The Labute approximate surface area is 184 Å². The van der Waals surface area contributed by atoms with Crippen LogP contribution in [-0.2, 0) is 0 Å². The Kier molecular flexibility index (Phi) is 5.73. The number of aryl methyl sites for hydroxylation is 2. The van der Waals surface area contributed by atoms with Gasteiger partial charge in [-0.1, -0.05) is 6.07 Å². The highest BCUT2D eigenvalue weighted by molar-refractivity contribution is 5.98. The zero-order valence-electron chi connectivity index (χ0n) is 18.2. The molecule has 2 aromatic carbocycles. The maximum absolute atomic E-state index is 13.3. The minimum Gasteiger partial charge on any atom is -0.493 e. The van der Waals surface area contributed by atoms with Crippen molar-refractivity contribution in [3.8, 4) is 28.8 Å². The van der Waals surface area contributed by atoms with Gasteiger partial charge in [-0.2, -0.15) is 0 Å². The van der Waals surface area contributed by atoms with Gasteiger partial charge in [0.1, 0.15) is 5.58 Å². The van der Waals surface area contributed by atoms with Crippen LogP contribution in [0.25, 0.3) is 22.5 Å². The van der Waals surface area contributed by atoms with Crippen LogP contribution in [0.2, 0.25) is 0 Å². The second-order valence-electron chi connectivity index (χ2n) is 7.31. The number of benzene rings is 2. The molecular formula is C25H22O7. The minimum absolute atomic E-state index is 0.0775. The van der Waals surface area contributed by atoms with Crippen molar-refractivity contribution < 1.29 is 27.8 Å². The molecule has 0 fully saturated rings. The predicted octanol–water partition coefficient (Wildman–Crippen LogP) is 4.95. The van der Waals surface area contributed by atoms with Crippen molar-refractivity contribution in [2.24, 2.45) is 0 Å². The second-order valence-corrected chi connectivity index (χ2v) is 7.31. The minimum atomic E-state index is -0.371. The molecule has 7 heteroatoms. The van der Waals surface area contributed by atoms with Gasteiger partial charge in [0.15, 0.2) is 29.6 Å². The molecule has 4 aromatic rings. The van der Waals surface area contributed by atoms with Crippen molar-refractivity contribution in [2.75, 3.05) is 20.8 Å². The van der Waals surface area contributed by atoms with E-state index >= 15 is 0 Å². The number of rotatable bonds is 7. The van der Waals surface area contributed by atoms with Crippen LogP contribution in [0.5, 0.6) is 17.2 Å². The second kappa shape index (κ2) is 8.63. The summed E-state index contributed by atoms with van der Waals surface area (Å²) in [6.45, 7) is 3.39. The topological polar surface area (TPSA) is 88.1 Å². The average Bonchev–Trinajstić information content (AvgIpc) is 3.32. The quantitative estimate of drug-likeness (QED) is 0.380. The first kappa shape index (κ1) is 21.2. The number of hydrogen-bond acceptors (Lipinski definition) is 7. The Balaban J connectivity index is 1.74. The van der Waals surface area contributed by atoms with Crippen molar-refractivity contribution in [3.63, 3.8) is 0 Å². The van der Waals surface area contributed by atoms with Crippen molar-refractivity contribution in [2.45, 2.75) is 13.8 Å². The third-order valence-electron chi connectivity index (χ3n) is 5.08. The first-order valence-corrected chi connectivity index (χ1v) is 9.93. The summed E-state index contributed by atoms with van der Waals surface area (Å²) in [6.07, 6.45) is 1.47. The molecule has 164 valence electrons. The van der Waals surface area contributed by atoms with Crippen LogP contribution in [0.15, 0.2) is 62.4 Å². The maximum atomic E-state index is 13.3. The summed E-state index contributed by atoms with van der Waals surface area (Å²) in [5, 5.41) is 0.381. The highest BCUT2D eigenvalue weighted by Gasteiger charge is 2.22. The van der Waals surface area contributed by atoms with Gasteiger partial charge in [-0.05, 0) is 61.4 Å². The van der Waals surface area contributed by atoms with Crippen LogP contribution in [-0.4, -0.2) is 26.6 Å². The van der Waals surface area contributed by atoms with E-state index < -0.39 is 0 Å². The molecule has 0 aliphatic rings. The van der Waals surface area contributed by atoms with E-state index in [4.69, 9.17) is 23.0 Å². The van der Waals surface area contributed by atoms with Crippen molar-refractivity contribution >= 4 is 16.8 Å². The van der Waals surface area contributed by atoms with Crippen molar-refractivity contribution in [1.29, 1.82) is 0 Å². The summed E-state index contributed by atoms with van der Waals surface area (Å²) in [5.74, 6) is 0.983. The SMILES string of the molecule is COc1ccc(C(=O)COc2c(-c3ccco3)oc3c(C)cc(C)cc3c2=O)cc1OC. The molecular weight excluding hydrogens is 412 g/mol. The van der Waals surface area contributed by atoms with E-state index in [1.807, 2.05) is 19.9 Å². The molecule has 2 aromatic heterocycles. The fourth-order valence-corrected chi connectivity index (χ4v) is 3.56. The number of fused-ring (bicyclic) bond motifs is 1. The van der Waals surface area contributed by atoms with Gasteiger partial charge < -0.3 is 23.0 Å². The number of Topliss-reactive ketones (excluding diaryl/α,β-unsaturated/α-hetero) is 1. The van der Waals surface area contributed by atoms with E-state index in [0.29, 0.717) is 33.8 Å². The number of carbonyl (C=O) groups is 1. The summed E-state index contributed by atoms with van der Waals surface area (Å²) < 4.78 is 27.7. The van der Waals surface area contributed by atoms with Crippen LogP contribution in [0, 0.1) is 13.8 Å². The molecule has 0 bridgehead atoms. The molecule has 2 heterocycles. The highest BCUT2D eigenvalue weighted by Crippen LogP contribution is 2.33. The van der Waals surface area contributed by atoms with E-state index in [-0.39, 0.29) is 29.3 Å². The Bertz CT molecular complexity index is 1350. The number of methoxy groups -OCH3 is 2. The van der Waals surface area contributed by atoms with Gasteiger partial charge in [0.2, 0.25) is 16.9 Å². The van der Waals surface area contributed by atoms with E-state index in [1.165, 1.54) is 20.5 Å². The number of hydrogen-bond donors (Lipinski definition) is 0. The lowest BCUT2D eigenvalue weighted by Gasteiger charge is -2.12. The average molecular weight is 434 g/mol. The zero-order valence-corrected chi connectivity index (χ0v) is 18.2. The van der Waals surface area contributed by atoms with Gasteiger partial charge in [-0.3, -0.25) is 9.59 Å². The fraction of sp³-hybridized carbons (Fsp3) is 0.200. The van der Waals surface area contributed by atoms with Crippen LogP contribution in [0.3, 0.4) is 0 Å². The summed E-state index contributed by atoms with van der Waals surface area (Å²) in [4.78, 5) is 26.1. The van der Waals surface area contributed by atoms with Gasteiger partial charge in [-0.25, -0.2) is 0 Å². The highest BCUT2D eigenvalue weighted by atomic mass is 16.5. The zero-order chi connectivity index (χ0) is 22.8. The normalized spacial score (nSPS) is 10.9. The third kappa shape index (κ3) is 3.85. The molecule has 7 nitrogen and oxygen atoms in total. The predicted molar refractivity (Wildman–Crippen MR) is 119 cm³/mol. The number of furan rings is 1. The van der Waals surface area contributed by atoms with Crippen molar-refractivity contribution in [1.82, 2.24) is 0 Å². The summed E-state index contributed by atoms with van der Waals surface area (Å²) >= 11 is 0. The number of ketones is 1. The molecule has 0 saturated heterocycles. The maximum Gasteiger partial charge on any atom is 0.235 e. The smallest absolute Gasteiger partial charge is 0.235 e. The van der Waals surface area contributed by atoms with Gasteiger partial charge in [-0.15, -0.1) is 0 Å². The molecule has 0 spiro atoms. The summed E-state index contributed by atoms with van der Waals surface area (Å²) in [6, 6.07) is 11.8. The van der Waals surface area contributed by atoms with Crippen molar-refractivity contribution in [3.05, 3.63) is 75.6 Å². The summed E-state index contributed by atoms with van der Waals surface area (Å²) in [7, 11) is 3.00. The lowest BCUT2D eigenvalue weighted by molar-refractivity contribution is 0.0919. The Morgan fingerprint density at radius 3 is 2.47 bits per heavy atom. The van der Waals surface area contributed by atoms with Crippen LogP contribution in [0.1, 0.15) is 21.5 Å². The number of carbonyl (C=O) groups excluding carboxylic acids is 1. The molecule has 0 amide bonds. The first-order valence-electron chi connectivity index (χ1n) is 9.93. The largest absolute Gasteiger partial charge is 0.493 e. The van der Waals surface area contributed by atoms with E-state index in [2.05, 4.69) is 0 Å². The van der Waals surface area contributed by atoms with Gasteiger partial charge in [0.25, 0.3) is 0 Å². The molecule has 0 atom stereocenters. The Hall–Kier alpha value is -4.00. The third-order valence-corrected chi connectivity index (χ3v) is 5.08. The molecule has 0 saturated carbocycles. The molecule has 0 unspecified atom stereocenters. The van der Waals surface area contributed by atoms with Crippen LogP contribution in [0.4, 0.5) is 0 Å². The first-order chi connectivity index (χ1) is 15.4. The molecule has 0 radical (unpaired) electrons. The summed E-state index contributed by atoms with van der Waals surface area (Å²) in [5.41, 5.74) is 2.17. The van der Waals surface area contributed by atoms with E-state index in [9.17, 15) is 9.59 Å². The molecule has 0 aliphatic heterocycles. The van der Waals surface area contributed by atoms with E-state index in [1.54, 1.807) is 36.4 Å². The Morgan fingerprint density at radius 2 is 1.78 bits per heavy atom. The molecule has 0 N–H and O–H groups in total. The molecule has 4 rings (SSSR count). The van der Waals surface area contributed by atoms with Gasteiger partial charge in [0, 0.05) is 5.56 Å².